The zero-order chi connectivity index (χ0) is 30.0. The molecule has 0 nitrogen and oxygen atoms in total. The molecule has 0 atom stereocenters. The van der Waals surface area contributed by atoms with Gasteiger partial charge in [0.1, 0.15) is 0 Å². The Morgan fingerprint density at radius 1 is 0.326 bits per heavy atom. The first-order valence-corrected chi connectivity index (χ1v) is 20.7. The molecule has 6 rings (SSSR count). The predicted molar refractivity (Wildman–Crippen MR) is 213 cm³/mol. The topological polar surface area (TPSA) is 0 Å². The van der Waals surface area contributed by atoms with E-state index in [4.69, 9.17) is 0 Å². The summed E-state index contributed by atoms with van der Waals surface area (Å²) in [5.74, 6) is 0. The summed E-state index contributed by atoms with van der Waals surface area (Å²) in [7, 11) is -3.12. The zero-order valence-electron chi connectivity index (χ0n) is 26.2. The van der Waals surface area contributed by atoms with Gasteiger partial charge in [-0.25, -0.2) is 0 Å². The summed E-state index contributed by atoms with van der Waals surface area (Å²) >= 11 is 0. The monoisotopic (exact) mass is 718 g/mol. The molecule has 0 unspecified atom stereocenters. The molecule has 0 aliphatic carbocycles. The van der Waals surface area contributed by atoms with Gasteiger partial charge in [-0.15, -0.1) is 0 Å². The van der Waals surface area contributed by atoms with Crippen molar-refractivity contribution in [3.8, 4) is 0 Å². The second-order valence-corrected chi connectivity index (χ2v) is 19.4. The van der Waals surface area contributed by atoms with E-state index in [9.17, 15) is 0 Å². The van der Waals surface area contributed by atoms with Crippen molar-refractivity contribution in [2.75, 3.05) is 18.5 Å². The van der Waals surface area contributed by atoms with Crippen LogP contribution in [0.15, 0.2) is 182 Å². The maximum atomic E-state index is 2.64. The summed E-state index contributed by atoms with van der Waals surface area (Å²) in [4.78, 5) is 0. The number of hydrogen-bond donors (Lipinski definition) is 0. The largest absolute Gasteiger partial charge is 0.813 e. The maximum absolute atomic E-state index is 2.64. The third kappa shape index (κ3) is 9.51. The van der Waals surface area contributed by atoms with Crippen molar-refractivity contribution >= 4 is 69.1 Å². The van der Waals surface area contributed by atoms with Crippen LogP contribution in [-0.4, -0.2) is 18.5 Å². The van der Waals surface area contributed by atoms with Crippen molar-refractivity contribution in [1.82, 2.24) is 0 Å². The first-order valence-electron chi connectivity index (χ1n) is 15.6. The van der Waals surface area contributed by atoms with Crippen molar-refractivity contribution in [1.29, 1.82) is 0 Å². The van der Waals surface area contributed by atoms with Gasteiger partial charge in [0, 0.05) is 16.5 Å². The van der Waals surface area contributed by atoms with E-state index in [1.807, 2.05) is 0 Å². The minimum atomic E-state index is -1.04. The number of thiol groups is 1. The zero-order valence-corrected chi connectivity index (χ0v) is 31.1. The fourth-order valence-corrected chi connectivity index (χ4v) is 16.3. The molecule has 0 heterocycles. The van der Waals surface area contributed by atoms with Crippen molar-refractivity contribution in [2.24, 2.45) is 5.41 Å². The molecule has 0 spiro atoms. The molecule has 5 heteroatoms. The molecule has 236 valence electrons. The average molecular weight is 719 g/mol. The van der Waals surface area contributed by atoms with E-state index in [-0.39, 0.29) is 35.4 Å². The van der Waals surface area contributed by atoms with E-state index >= 15 is 0 Å². The molecule has 0 aliphatic rings. The Labute approximate surface area is 296 Å². The molecular formula is C41H43NiP3S+2. The van der Waals surface area contributed by atoms with Crippen LogP contribution in [0, 0.1) is 5.41 Å². The molecule has 0 fully saturated rings. The molecule has 0 N–H and O–H groups in total. The van der Waals surface area contributed by atoms with Crippen LogP contribution in [-0.2, 0) is 30.0 Å². The van der Waals surface area contributed by atoms with E-state index in [2.05, 4.69) is 189 Å². The maximum Gasteiger partial charge on any atom is 0.0967 e. The Morgan fingerprint density at radius 2 is 0.478 bits per heavy atom. The number of benzene rings is 6. The molecule has 0 bridgehead atoms. The van der Waals surface area contributed by atoms with Gasteiger partial charge < -0.3 is 13.5 Å². The third-order valence-corrected chi connectivity index (χ3v) is 18.3. The van der Waals surface area contributed by atoms with Gasteiger partial charge in [-0.05, 0) is 79.7 Å². The first-order chi connectivity index (χ1) is 21.7. The summed E-state index contributed by atoms with van der Waals surface area (Å²) < 4.78 is 0. The smallest absolute Gasteiger partial charge is 0.0967 e. The summed E-state index contributed by atoms with van der Waals surface area (Å²) in [5.41, 5.74) is 0.125. The van der Waals surface area contributed by atoms with Gasteiger partial charge in [0.05, 0.1) is 79.5 Å². The Balaban J connectivity index is 0.00000240. The van der Waals surface area contributed by atoms with E-state index in [0.717, 1.165) is 0 Å². The third-order valence-electron chi connectivity index (χ3n) is 8.54. The van der Waals surface area contributed by atoms with E-state index in [1.54, 1.807) is 0 Å². The molecule has 0 saturated carbocycles. The van der Waals surface area contributed by atoms with Crippen LogP contribution >= 0.6 is 23.8 Å². The minimum Gasteiger partial charge on any atom is -0.813 e. The van der Waals surface area contributed by atoms with Crippen LogP contribution in [0.3, 0.4) is 0 Å². The molecule has 6 aromatic carbocycles. The quantitative estimate of drug-likeness (QED) is 0.0554. The van der Waals surface area contributed by atoms with E-state index in [0.29, 0.717) is 0 Å². The molecule has 6 aromatic rings. The van der Waals surface area contributed by atoms with Gasteiger partial charge in [-0.3, -0.25) is 0 Å². The average Bonchev–Trinajstić information content (AvgIpc) is 3.11. The van der Waals surface area contributed by atoms with Crippen molar-refractivity contribution in [3.63, 3.8) is 0 Å². The SMILES string of the molecule is CC(C[PH+](c1ccccc1)c1ccccc1)(C[PH+](c1ccccc1)c1ccccc1)C[PH+](c1ccccc1)c1ccccc1.[Ni].[SH-]. The Kier molecular flexibility index (Phi) is 14.3. The normalized spacial score (nSPS) is 11.2. The molecule has 0 saturated heterocycles. The van der Waals surface area contributed by atoms with Crippen molar-refractivity contribution < 1.29 is 16.5 Å². The van der Waals surface area contributed by atoms with Crippen LogP contribution in [0.5, 0.6) is 0 Å². The van der Waals surface area contributed by atoms with Crippen molar-refractivity contribution in [3.05, 3.63) is 182 Å². The van der Waals surface area contributed by atoms with Crippen LogP contribution in [0.4, 0.5) is 0 Å². The minimum absolute atomic E-state index is 0. The molecule has 0 radical (unpaired) electrons. The fourth-order valence-electron chi connectivity index (χ4n) is 6.42. The van der Waals surface area contributed by atoms with Crippen molar-refractivity contribution in [2.45, 2.75) is 6.92 Å². The molecule has 0 aromatic heterocycles. The van der Waals surface area contributed by atoms with Gasteiger partial charge in [-0.1, -0.05) is 109 Å². The van der Waals surface area contributed by atoms with Crippen LogP contribution in [0.1, 0.15) is 6.92 Å². The number of rotatable bonds is 12. The summed E-state index contributed by atoms with van der Waals surface area (Å²) in [5, 5.41) is 9.06. The summed E-state index contributed by atoms with van der Waals surface area (Å²) in [6.07, 6.45) is 3.61. The van der Waals surface area contributed by atoms with E-state index in [1.165, 1.54) is 50.3 Å². The summed E-state index contributed by atoms with van der Waals surface area (Å²) in [6, 6.07) is 68.2. The molecule has 0 aliphatic heterocycles. The number of hydrogen-bond acceptors (Lipinski definition) is 1. The van der Waals surface area contributed by atoms with E-state index < -0.39 is 23.8 Å². The second-order valence-electron chi connectivity index (χ2n) is 12.0. The van der Waals surface area contributed by atoms with Gasteiger partial charge in [-0.2, -0.15) is 0 Å². The Bertz CT molecular complexity index is 1370. The molecule has 0 amide bonds. The van der Waals surface area contributed by atoms with Crippen LogP contribution in [0.25, 0.3) is 0 Å². The van der Waals surface area contributed by atoms with Crippen LogP contribution < -0.4 is 31.8 Å². The predicted octanol–water partition coefficient (Wildman–Crippen LogP) is 7.32. The Morgan fingerprint density at radius 3 is 0.630 bits per heavy atom. The first kappa shape index (κ1) is 36.3. The molecule has 46 heavy (non-hydrogen) atoms. The Hall–Kier alpha value is -2.55. The summed E-state index contributed by atoms with van der Waals surface area (Å²) in [6.45, 7) is 2.64. The van der Waals surface area contributed by atoms with Gasteiger partial charge >= 0.3 is 0 Å². The van der Waals surface area contributed by atoms with Crippen LogP contribution in [0.2, 0.25) is 0 Å². The van der Waals surface area contributed by atoms with Gasteiger partial charge in [0.2, 0.25) is 0 Å². The van der Waals surface area contributed by atoms with Gasteiger partial charge in [0.25, 0.3) is 0 Å². The van der Waals surface area contributed by atoms with Gasteiger partial charge in [0.15, 0.2) is 0 Å². The fraction of sp³-hybridized carbons (Fsp3) is 0.122. The molecular weight excluding hydrogens is 676 g/mol. The standard InChI is InChI=1S/C41H39P3.Ni.H2S/c1-41(32-42(35-20-8-2-9-21-35)36-22-10-3-11-23-36,33-43(37-24-12-4-13-25-37)38-26-14-5-15-27-38)34-44(39-28-16-6-17-29-39)40-30-18-7-19-31-40;;/h2-31H,32-34H2,1H3;;1H2/p+2. The second kappa shape index (κ2) is 18.1.